The lowest BCUT2D eigenvalue weighted by Crippen LogP contribution is -1.98. The van der Waals surface area contributed by atoms with Crippen LogP contribution in [0.3, 0.4) is 0 Å². The fourth-order valence-corrected chi connectivity index (χ4v) is 3.18. The van der Waals surface area contributed by atoms with E-state index in [9.17, 15) is 9.90 Å². The lowest BCUT2D eigenvalue weighted by Gasteiger charge is -2.03. The molecule has 5 heteroatoms. The van der Waals surface area contributed by atoms with E-state index in [-0.39, 0.29) is 17.3 Å². The Morgan fingerprint density at radius 1 is 1.10 bits per heavy atom. The lowest BCUT2D eigenvalue weighted by atomic mass is 10.1. The predicted molar refractivity (Wildman–Crippen MR) is 82.9 cm³/mol. The van der Waals surface area contributed by atoms with Gasteiger partial charge in [-0.25, -0.2) is 0 Å². The summed E-state index contributed by atoms with van der Waals surface area (Å²) in [5.41, 5.74) is 1.31. The number of phenolic OH excluding ortho intramolecular Hbond substituents is 1. The summed E-state index contributed by atoms with van der Waals surface area (Å²) in [5, 5.41) is 9.67. The topological polar surface area (TPSA) is 46.5 Å². The van der Waals surface area contributed by atoms with E-state index in [1.165, 1.54) is 0 Å². The first kappa shape index (κ1) is 13.4. The first-order valence-electron chi connectivity index (χ1n) is 5.77. The van der Waals surface area contributed by atoms with E-state index >= 15 is 0 Å². The number of allylic oxidation sites excluding steroid dienone is 1. The van der Waals surface area contributed by atoms with Crippen LogP contribution < -0.4 is 4.74 Å². The minimum absolute atomic E-state index is 0.120. The number of hydrogen-bond acceptors (Lipinski definition) is 3. The number of hydrogen-bond donors (Lipinski definition) is 1. The van der Waals surface area contributed by atoms with Gasteiger partial charge < -0.3 is 9.84 Å². The summed E-state index contributed by atoms with van der Waals surface area (Å²) in [7, 11) is 0. The lowest BCUT2D eigenvalue weighted by molar-refractivity contribution is 0.101. The molecule has 20 heavy (non-hydrogen) atoms. The Hall–Kier alpha value is -1.59. The number of rotatable bonds is 1. The smallest absolute Gasteiger partial charge is 0.231 e. The number of carbonyl (C=O) groups is 1. The van der Waals surface area contributed by atoms with Gasteiger partial charge >= 0.3 is 0 Å². The van der Waals surface area contributed by atoms with E-state index in [2.05, 4.69) is 31.9 Å². The Balaban J connectivity index is 2.02. The molecule has 1 aliphatic heterocycles. The highest BCUT2D eigenvalue weighted by molar-refractivity contribution is 9.11. The Kier molecular flexibility index (Phi) is 3.40. The summed E-state index contributed by atoms with van der Waals surface area (Å²) in [5.74, 6) is 0.825. The van der Waals surface area contributed by atoms with E-state index < -0.39 is 0 Å². The van der Waals surface area contributed by atoms with Crippen molar-refractivity contribution < 1.29 is 14.6 Å². The van der Waals surface area contributed by atoms with Gasteiger partial charge in [-0.1, -0.05) is 12.1 Å². The van der Waals surface area contributed by atoms with Crippen LogP contribution in [0.4, 0.5) is 0 Å². The van der Waals surface area contributed by atoms with Crippen molar-refractivity contribution in [2.45, 2.75) is 0 Å². The number of ketones is 1. The standard InChI is InChI=1S/C15H8Br2O3/c16-10-5-8(6-11(17)15(10)19)7-13-14(18)9-3-1-2-4-12(9)20-13/h1-7,19H/b13-7+. The van der Waals surface area contributed by atoms with Crippen molar-refractivity contribution in [2.75, 3.05) is 0 Å². The van der Waals surface area contributed by atoms with Gasteiger partial charge in [0.2, 0.25) is 5.78 Å². The van der Waals surface area contributed by atoms with Crippen LogP contribution in [0.5, 0.6) is 11.5 Å². The molecule has 2 aromatic rings. The third kappa shape index (κ3) is 2.27. The van der Waals surface area contributed by atoms with E-state index in [0.29, 0.717) is 20.3 Å². The Morgan fingerprint density at radius 3 is 2.40 bits per heavy atom. The van der Waals surface area contributed by atoms with Crippen LogP contribution in [0.25, 0.3) is 6.08 Å². The van der Waals surface area contributed by atoms with Gasteiger partial charge in [0.05, 0.1) is 14.5 Å². The molecule has 0 spiro atoms. The second kappa shape index (κ2) is 5.07. The Morgan fingerprint density at radius 2 is 1.75 bits per heavy atom. The zero-order chi connectivity index (χ0) is 14.3. The van der Waals surface area contributed by atoms with Crippen LogP contribution in [0, 0.1) is 0 Å². The third-order valence-electron chi connectivity index (χ3n) is 2.91. The minimum atomic E-state index is -0.138. The van der Waals surface area contributed by atoms with E-state index in [1.54, 1.807) is 36.4 Å². The van der Waals surface area contributed by atoms with Crippen molar-refractivity contribution in [1.29, 1.82) is 0 Å². The molecule has 2 aromatic carbocycles. The molecular weight excluding hydrogens is 388 g/mol. The molecule has 0 amide bonds. The van der Waals surface area contributed by atoms with Gasteiger partial charge in [-0.15, -0.1) is 0 Å². The molecule has 100 valence electrons. The number of para-hydroxylation sites is 1. The maximum atomic E-state index is 12.2. The number of phenols is 1. The Bertz CT molecular complexity index is 728. The van der Waals surface area contributed by atoms with E-state index in [0.717, 1.165) is 5.56 Å². The van der Waals surface area contributed by atoms with Gasteiger partial charge in [0.25, 0.3) is 0 Å². The fraction of sp³-hybridized carbons (Fsp3) is 0. The maximum absolute atomic E-state index is 12.2. The third-order valence-corrected chi connectivity index (χ3v) is 4.12. The average Bonchev–Trinajstić information content (AvgIpc) is 2.73. The molecule has 0 saturated carbocycles. The molecule has 0 aromatic heterocycles. The largest absolute Gasteiger partial charge is 0.506 e. The average molecular weight is 396 g/mol. The molecule has 0 bridgehead atoms. The molecule has 0 atom stereocenters. The monoisotopic (exact) mass is 394 g/mol. The highest BCUT2D eigenvalue weighted by atomic mass is 79.9. The van der Waals surface area contributed by atoms with E-state index in [1.807, 2.05) is 6.07 Å². The summed E-state index contributed by atoms with van der Waals surface area (Å²) in [6.07, 6.45) is 1.65. The highest BCUT2D eigenvalue weighted by Gasteiger charge is 2.26. The molecule has 1 aliphatic rings. The molecule has 0 aliphatic carbocycles. The summed E-state index contributed by atoms with van der Waals surface area (Å²) in [6, 6.07) is 10.6. The minimum Gasteiger partial charge on any atom is -0.506 e. The number of fused-ring (bicyclic) bond motifs is 1. The van der Waals surface area contributed by atoms with Crippen LogP contribution in [-0.2, 0) is 0 Å². The first-order valence-corrected chi connectivity index (χ1v) is 7.36. The van der Waals surface area contributed by atoms with Gasteiger partial charge in [-0.05, 0) is 67.8 Å². The van der Waals surface area contributed by atoms with Crippen molar-refractivity contribution in [3.63, 3.8) is 0 Å². The zero-order valence-electron chi connectivity index (χ0n) is 10.1. The SMILES string of the molecule is O=C1/C(=C\c2cc(Br)c(O)c(Br)c2)Oc2ccccc21. The molecule has 1 heterocycles. The summed E-state index contributed by atoms with van der Waals surface area (Å²) >= 11 is 6.51. The van der Waals surface area contributed by atoms with Crippen molar-refractivity contribution >= 4 is 43.7 Å². The number of benzene rings is 2. The van der Waals surface area contributed by atoms with Gasteiger partial charge in [0, 0.05) is 0 Å². The molecule has 0 unspecified atom stereocenters. The first-order chi connectivity index (χ1) is 9.56. The number of carbonyl (C=O) groups excluding carboxylic acids is 1. The highest BCUT2D eigenvalue weighted by Crippen LogP contribution is 2.35. The molecule has 1 N–H and O–H groups in total. The number of halogens is 2. The number of Topliss-reactive ketones (excluding diaryl/α,β-unsaturated/α-hetero) is 1. The predicted octanol–water partition coefficient (Wildman–Crippen LogP) is 4.53. The van der Waals surface area contributed by atoms with Crippen LogP contribution in [-0.4, -0.2) is 10.9 Å². The summed E-state index contributed by atoms with van der Waals surface area (Å²) in [6.45, 7) is 0. The number of ether oxygens (including phenoxy) is 1. The second-order valence-corrected chi connectivity index (χ2v) is 5.98. The normalized spacial score (nSPS) is 15.3. The van der Waals surface area contributed by atoms with Gasteiger partial charge in [-0.2, -0.15) is 0 Å². The van der Waals surface area contributed by atoms with Gasteiger partial charge in [0.15, 0.2) is 5.76 Å². The summed E-state index contributed by atoms with van der Waals surface area (Å²) < 4.78 is 6.64. The molecule has 0 fully saturated rings. The van der Waals surface area contributed by atoms with Crippen molar-refractivity contribution in [2.24, 2.45) is 0 Å². The molecule has 0 radical (unpaired) electrons. The summed E-state index contributed by atoms with van der Waals surface area (Å²) in [4.78, 5) is 12.2. The molecular formula is C15H8Br2O3. The van der Waals surface area contributed by atoms with Crippen LogP contribution in [0.2, 0.25) is 0 Å². The quantitative estimate of drug-likeness (QED) is 0.721. The number of aromatic hydroxyl groups is 1. The zero-order valence-corrected chi connectivity index (χ0v) is 13.2. The Labute approximate surface area is 132 Å². The van der Waals surface area contributed by atoms with E-state index in [4.69, 9.17) is 4.74 Å². The van der Waals surface area contributed by atoms with Crippen LogP contribution >= 0.6 is 31.9 Å². The van der Waals surface area contributed by atoms with Crippen LogP contribution in [0.1, 0.15) is 15.9 Å². The van der Waals surface area contributed by atoms with Crippen molar-refractivity contribution in [3.8, 4) is 11.5 Å². The van der Waals surface area contributed by atoms with Crippen LogP contribution in [0.15, 0.2) is 51.1 Å². The second-order valence-electron chi connectivity index (χ2n) is 4.27. The van der Waals surface area contributed by atoms with Crippen molar-refractivity contribution in [1.82, 2.24) is 0 Å². The molecule has 3 rings (SSSR count). The molecule has 0 saturated heterocycles. The van der Waals surface area contributed by atoms with Gasteiger partial charge in [0.1, 0.15) is 11.5 Å². The maximum Gasteiger partial charge on any atom is 0.231 e. The van der Waals surface area contributed by atoms with Crippen molar-refractivity contribution in [3.05, 3.63) is 62.2 Å². The fourth-order valence-electron chi connectivity index (χ4n) is 1.96. The molecule has 3 nitrogen and oxygen atoms in total. The van der Waals surface area contributed by atoms with Gasteiger partial charge in [-0.3, -0.25) is 4.79 Å².